The Morgan fingerprint density at radius 3 is 1.78 bits per heavy atom. The minimum absolute atomic E-state index is 0.0312. The first-order chi connectivity index (χ1) is 7.85. The van der Waals surface area contributed by atoms with Crippen LogP contribution in [0.1, 0.15) is 61.8 Å². The lowest BCUT2D eigenvalue weighted by molar-refractivity contribution is -0.133. The lowest BCUT2D eigenvalue weighted by Gasteiger charge is -2.29. The van der Waals surface area contributed by atoms with Crippen molar-refractivity contribution < 1.29 is 9.59 Å². The van der Waals surface area contributed by atoms with Crippen LogP contribution in [0.25, 0.3) is 0 Å². The van der Waals surface area contributed by atoms with Gasteiger partial charge in [0.15, 0.2) is 0 Å². The maximum absolute atomic E-state index is 12.0. The van der Waals surface area contributed by atoms with Gasteiger partial charge in [0.1, 0.15) is 5.78 Å². The van der Waals surface area contributed by atoms with Gasteiger partial charge in [0.05, 0.1) is 0 Å². The Morgan fingerprint density at radius 2 is 1.44 bits per heavy atom. The monoisotopic (exact) mass is 255 g/mol. The summed E-state index contributed by atoms with van der Waals surface area (Å²) >= 11 is 0. The Balaban J connectivity index is 4.42. The van der Waals surface area contributed by atoms with Crippen molar-refractivity contribution in [2.24, 2.45) is 16.7 Å². The molecule has 0 spiro atoms. The van der Waals surface area contributed by atoms with Crippen molar-refractivity contribution >= 4 is 11.7 Å². The first-order valence-electron chi connectivity index (χ1n) is 6.69. The van der Waals surface area contributed by atoms with Crippen molar-refractivity contribution in [2.45, 2.75) is 67.9 Å². The molecular weight excluding hydrogens is 226 g/mol. The molecule has 0 saturated heterocycles. The van der Waals surface area contributed by atoms with E-state index in [1.807, 2.05) is 34.6 Å². The summed E-state index contributed by atoms with van der Waals surface area (Å²) in [6.07, 6.45) is 0.312. The highest BCUT2D eigenvalue weighted by Crippen LogP contribution is 2.22. The maximum atomic E-state index is 12.0. The zero-order valence-corrected chi connectivity index (χ0v) is 13.2. The van der Waals surface area contributed by atoms with Crippen LogP contribution in [-0.4, -0.2) is 17.7 Å². The van der Waals surface area contributed by atoms with E-state index in [4.69, 9.17) is 0 Å². The largest absolute Gasteiger partial charge is 0.353 e. The van der Waals surface area contributed by atoms with E-state index in [2.05, 4.69) is 26.1 Å². The number of carbonyl (C=O) groups excluding carboxylic acids is 2. The van der Waals surface area contributed by atoms with E-state index in [1.54, 1.807) is 0 Å². The molecule has 3 heteroatoms. The minimum atomic E-state index is -0.371. The van der Waals surface area contributed by atoms with E-state index in [1.165, 1.54) is 0 Å². The van der Waals surface area contributed by atoms with E-state index in [0.29, 0.717) is 6.42 Å². The van der Waals surface area contributed by atoms with Crippen LogP contribution in [0.2, 0.25) is 0 Å². The number of Topliss-reactive ketones (excluding diaryl/α,β-unsaturated/α-hetero) is 1. The van der Waals surface area contributed by atoms with Crippen LogP contribution < -0.4 is 5.32 Å². The molecule has 106 valence electrons. The molecule has 1 amide bonds. The summed E-state index contributed by atoms with van der Waals surface area (Å²) in [7, 11) is 0. The average molecular weight is 255 g/mol. The lowest BCUT2D eigenvalue weighted by Crippen LogP contribution is -2.44. The molecule has 0 aliphatic rings. The summed E-state index contributed by atoms with van der Waals surface area (Å²) < 4.78 is 0. The summed E-state index contributed by atoms with van der Waals surface area (Å²) in [6.45, 7) is 15.7. The van der Waals surface area contributed by atoms with Crippen LogP contribution in [0, 0.1) is 16.7 Å². The Hall–Kier alpha value is -0.860. The second-order valence-electron chi connectivity index (χ2n) is 7.37. The van der Waals surface area contributed by atoms with Crippen LogP contribution in [0.15, 0.2) is 0 Å². The Bertz CT molecular complexity index is 307. The summed E-state index contributed by atoms with van der Waals surface area (Å²) in [5, 5.41) is 2.99. The van der Waals surface area contributed by atoms with Crippen LogP contribution in [0.4, 0.5) is 0 Å². The van der Waals surface area contributed by atoms with E-state index >= 15 is 0 Å². The third-order valence-corrected chi connectivity index (χ3v) is 3.43. The smallest absolute Gasteiger partial charge is 0.223 e. The molecule has 0 aromatic heterocycles. The molecule has 2 atom stereocenters. The first-order valence-corrected chi connectivity index (χ1v) is 6.69. The first kappa shape index (κ1) is 17.1. The molecular formula is C15H29NO2. The van der Waals surface area contributed by atoms with Crippen LogP contribution >= 0.6 is 0 Å². The van der Waals surface area contributed by atoms with Gasteiger partial charge in [-0.15, -0.1) is 0 Å². The number of nitrogens with one attached hydrogen (secondary N) is 1. The molecule has 0 bridgehead atoms. The topological polar surface area (TPSA) is 46.2 Å². The molecule has 3 nitrogen and oxygen atoms in total. The summed E-state index contributed by atoms with van der Waals surface area (Å²) in [5.41, 5.74) is -0.340. The van der Waals surface area contributed by atoms with Crippen molar-refractivity contribution in [2.75, 3.05) is 0 Å². The van der Waals surface area contributed by atoms with Gasteiger partial charge in [-0.3, -0.25) is 9.59 Å². The summed E-state index contributed by atoms with van der Waals surface area (Å²) in [5.74, 6) is -0.162. The highest BCUT2D eigenvalue weighted by Gasteiger charge is 2.28. The van der Waals surface area contributed by atoms with Crippen molar-refractivity contribution in [1.82, 2.24) is 5.32 Å². The van der Waals surface area contributed by atoms with Crippen LogP contribution in [0.5, 0.6) is 0 Å². The fourth-order valence-electron chi connectivity index (χ4n) is 1.25. The molecule has 0 aliphatic carbocycles. The maximum Gasteiger partial charge on any atom is 0.223 e. The molecule has 0 radical (unpaired) electrons. The van der Waals surface area contributed by atoms with E-state index in [-0.39, 0.29) is 34.5 Å². The predicted molar refractivity (Wildman–Crippen MR) is 75.3 cm³/mol. The minimum Gasteiger partial charge on any atom is -0.353 e. The Morgan fingerprint density at radius 1 is 1.00 bits per heavy atom. The molecule has 0 aromatic carbocycles. The lowest BCUT2D eigenvalue weighted by atomic mass is 9.84. The molecule has 0 aromatic rings. The third-order valence-electron chi connectivity index (χ3n) is 3.43. The van der Waals surface area contributed by atoms with Gasteiger partial charge in [0.25, 0.3) is 0 Å². The van der Waals surface area contributed by atoms with Gasteiger partial charge in [-0.1, -0.05) is 48.5 Å². The number of rotatable bonds is 4. The van der Waals surface area contributed by atoms with Crippen LogP contribution in [-0.2, 0) is 9.59 Å². The normalized spacial score (nSPS) is 16.0. The fraction of sp³-hybridized carbons (Fsp3) is 0.867. The number of ketones is 1. The standard InChI is InChI=1S/C15H29NO2/c1-10(9-12(17)15(6,7)8)13(18)16-11(2)14(3,4)5/h10-11H,9H2,1-8H3,(H,16,18). The fourth-order valence-corrected chi connectivity index (χ4v) is 1.25. The molecule has 0 heterocycles. The SMILES string of the molecule is CC(CC(=O)C(C)(C)C)C(=O)NC(C)C(C)(C)C. The second kappa shape index (κ2) is 5.85. The molecule has 0 fully saturated rings. The Labute approximate surface area is 112 Å². The summed E-state index contributed by atoms with van der Waals surface area (Å²) in [4.78, 5) is 23.9. The van der Waals surface area contributed by atoms with Gasteiger partial charge < -0.3 is 5.32 Å². The Kier molecular flexibility index (Phi) is 5.57. The molecule has 18 heavy (non-hydrogen) atoms. The molecule has 1 N–H and O–H groups in total. The van der Waals surface area contributed by atoms with Gasteiger partial charge in [-0.2, -0.15) is 0 Å². The number of hydrogen-bond donors (Lipinski definition) is 1. The number of carbonyl (C=O) groups is 2. The predicted octanol–water partition coefficient (Wildman–Crippen LogP) is 3.18. The molecule has 2 unspecified atom stereocenters. The third kappa shape index (κ3) is 5.65. The van der Waals surface area contributed by atoms with E-state index in [9.17, 15) is 9.59 Å². The second-order valence-corrected chi connectivity index (χ2v) is 7.37. The number of amides is 1. The zero-order chi connectivity index (χ0) is 14.7. The molecule has 0 saturated carbocycles. The van der Waals surface area contributed by atoms with E-state index < -0.39 is 0 Å². The molecule has 0 rings (SSSR count). The highest BCUT2D eigenvalue weighted by molar-refractivity contribution is 5.89. The van der Waals surface area contributed by atoms with Gasteiger partial charge >= 0.3 is 0 Å². The summed E-state index contributed by atoms with van der Waals surface area (Å²) in [6, 6.07) is 0.0946. The quantitative estimate of drug-likeness (QED) is 0.838. The van der Waals surface area contributed by atoms with E-state index in [0.717, 1.165) is 0 Å². The van der Waals surface area contributed by atoms with Gasteiger partial charge in [-0.25, -0.2) is 0 Å². The van der Waals surface area contributed by atoms with Crippen molar-refractivity contribution in [1.29, 1.82) is 0 Å². The van der Waals surface area contributed by atoms with Gasteiger partial charge in [0, 0.05) is 23.8 Å². The van der Waals surface area contributed by atoms with Crippen molar-refractivity contribution in [3.63, 3.8) is 0 Å². The number of hydrogen-bond acceptors (Lipinski definition) is 2. The average Bonchev–Trinajstić information content (AvgIpc) is 2.14. The highest BCUT2D eigenvalue weighted by atomic mass is 16.2. The molecule has 0 aliphatic heterocycles. The van der Waals surface area contributed by atoms with Crippen LogP contribution in [0.3, 0.4) is 0 Å². The van der Waals surface area contributed by atoms with Crippen molar-refractivity contribution in [3.05, 3.63) is 0 Å². The van der Waals surface area contributed by atoms with Crippen molar-refractivity contribution in [3.8, 4) is 0 Å². The zero-order valence-electron chi connectivity index (χ0n) is 13.2. The van der Waals surface area contributed by atoms with Gasteiger partial charge in [-0.05, 0) is 12.3 Å². The van der Waals surface area contributed by atoms with Gasteiger partial charge in [0.2, 0.25) is 5.91 Å².